The van der Waals surface area contributed by atoms with E-state index < -0.39 is 0 Å². The molecule has 18 heavy (non-hydrogen) atoms. The first kappa shape index (κ1) is 12.0. The van der Waals surface area contributed by atoms with Crippen LogP contribution in [-0.2, 0) is 6.42 Å². The van der Waals surface area contributed by atoms with Crippen LogP contribution >= 0.6 is 0 Å². The van der Waals surface area contributed by atoms with Gasteiger partial charge in [-0.05, 0) is 44.0 Å². The van der Waals surface area contributed by atoms with Crippen LogP contribution in [0.25, 0.3) is 0 Å². The van der Waals surface area contributed by atoms with E-state index in [-0.39, 0.29) is 0 Å². The monoisotopic (exact) mass is 245 g/mol. The fourth-order valence-electron chi connectivity index (χ4n) is 3.33. The van der Waals surface area contributed by atoms with Crippen molar-refractivity contribution in [2.45, 2.75) is 25.3 Å². The molecule has 1 atom stereocenters. The highest BCUT2D eigenvalue weighted by Crippen LogP contribution is 2.32. The lowest BCUT2D eigenvalue weighted by molar-refractivity contribution is 0.213. The summed E-state index contributed by atoms with van der Waals surface area (Å²) in [7, 11) is 0. The number of nitrogens with zero attached hydrogens (tertiary/aromatic N) is 2. The van der Waals surface area contributed by atoms with Crippen LogP contribution in [0.1, 0.15) is 18.4 Å². The smallest absolute Gasteiger partial charge is 0.0420 e. The van der Waals surface area contributed by atoms with E-state index in [2.05, 4.69) is 34.1 Å². The molecule has 1 aromatic rings. The molecule has 1 saturated heterocycles. The van der Waals surface area contributed by atoms with Gasteiger partial charge >= 0.3 is 0 Å². The third-order valence-electron chi connectivity index (χ3n) is 4.29. The van der Waals surface area contributed by atoms with Crippen LogP contribution in [0, 0.1) is 0 Å². The predicted octanol–water partition coefficient (Wildman–Crippen LogP) is 1.47. The summed E-state index contributed by atoms with van der Waals surface area (Å²) >= 11 is 0. The molecule has 1 unspecified atom stereocenters. The van der Waals surface area contributed by atoms with Gasteiger partial charge in [0.25, 0.3) is 0 Å². The zero-order valence-corrected chi connectivity index (χ0v) is 11.0. The minimum Gasteiger partial charge on any atom is -0.366 e. The molecule has 0 radical (unpaired) electrons. The molecule has 0 spiro atoms. The van der Waals surface area contributed by atoms with Crippen molar-refractivity contribution >= 4 is 5.69 Å². The Balaban J connectivity index is 1.70. The van der Waals surface area contributed by atoms with Gasteiger partial charge in [0, 0.05) is 31.4 Å². The molecule has 98 valence electrons. The normalized spacial score (nSPS) is 23.6. The highest BCUT2D eigenvalue weighted by Gasteiger charge is 2.30. The molecule has 2 heterocycles. The Morgan fingerprint density at radius 1 is 1.22 bits per heavy atom. The Bertz CT molecular complexity index is 404. The second kappa shape index (κ2) is 5.29. The summed E-state index contributed by atoms with van der Waals surface area (Å²) in [6.45, 7) is 5.56. The molecule has 3 rings (SSSR count). The maximum Gasteiger partial charge on any atom is 0.0420 e. The molecule has 3 nitrogen and oxygen atoms in total. The van der Waals surface area contributed by atoms with Gasteiger partial charge in [0.2, 0.25) is 0 Å². The van der Waals surface area contributed by atoms with Crippen LogP contribution in [0.15, 0.2) is 24.3 Å². The SMILES string of the molecule is NCCCN1CCN2c3ccccc3CCC2C1. The maximum absolute atomic E-state index is 5.60. The van der Waals surface area contributed by atoms with Crippen molar-refractivity contribution < 1.29 is 0 Å². The number of aryl methyl sites for hydroxylation is 1. The molecule has 1 aromatic carbocycles. The minimum atomic E-state index is 0.714. The lowest BCUT2D eigenvalue weighted by atomic mass is 9.94. The first-order chi connectivity index (χ1) is 8.88. The lowest BCUT2D eigenvalue weighted by Gasteiger charge is -2.46. The predicted molar refractivity (Wildman–Crippen MR) is 76.0 cm³/mol. The highest BCUT2D eigenvalue weighted by atomic mass is 15.3. The Morgan fingerprint density at radius 3 is 3.00 bits per heavy atom. The first-order valence-electron chi connectivity index (χ1n) is 7.15. The molecule has 0 amide bonds. The topological polar surface area (TPSA) is 32.5 Å². The highest BCUT2D eigenvalue weighted by molar-refractivity contribution is 5.57. The van der Waals surface area contributed by atoms with Gasteiger partial charge in [0.1, 0.15) is 0 Å². The summed E-state index contributed by atoms with van der Waals surface area (Å²) in [5, 5.41) is 0. The molecule has 0 saturated carbocycles. The van der Waals surface area contributed by atoms with E-state index in [1.165, 1.54) is 50.3 Å². The van der Waals surface area contributed by atoms with E-state index in [0.717, 1.165) is 13.0 Å². The Labute approximate surface area is 110 Å². The third kappa shape index (κ3) is 2.25. The average Bonchev–Trinajstić information content (AvgIpc) is 2.44. The van der Waals surface area contributed by atoms with Gasteiger partial charge in [-0.15, -0.1) is 0 Å². The maximum atomic E-state index is 5.60. The van der Waals surface area contributed by atoms with Crippen molar-refractivity contribution in [3.63, 3.8) is 0 Å². The summed E-state index contributed by atoms with van der Waals surface area (Å²) in [6.07, 6.45) is 3.67. The van der Waals surface area contributed by atoms with E-state index >= 15 is 0 Å². The Hall–Kier alpha value is -1.06. The van der Waals surface area contributed by atoms with Crippen LogP contribution in [0.5, 0.6) is 0 Å². The zero-order valence-electron chi connectivity index (χ0n) is 11.0. The molecule has 0 aliphatic carbocycles. The molecule has 2 aliphatic rings. The van der Waals surface area contributed by atoms with Gasteiger partial charge in [-0.1, -0.05) is 18.2 Å². The Morgan fingerprint density at radius 2 is 2.11 bits per heavy atom. The molecular weight excluding hydrogens is 222 g/mol. The van der Waals surface area contributed by atoms with Crippen LogP contribution in [-0.4, -0.2) is 43.7 Å². The number of fused-ring (bicyclic) bond motifs is 3. The molecule has 2 N–H and O–H groups in total. The van der Waals surface area contributed by atoms with Gasteiger partial charge in [0.15, 0.2) is 0 Å². The van der Waals surface area contributed by atoms with E-state index in [1.807, 2.05) is 0 Å². The zero-order chi connectivity index (χ0) is 12.4. The minimum absolute atomic E-state index is 0.714. The molecule has 2 aliphatic heterocycles. The van der Waals surface area contributed by atoms with E-state index in [9.17, 15) is 0 Å². The fraction of sp³-hybridized carbons (Fsp3) is 0.600. The molecule has 1 fully saturated rings. The molecule has 0 bridgehead atoms. The second-order valence-electron chi connectivity index (χ2n) is 5.46. The number of rotatable bonds is 3. The van der Waals surface area contributed by atoms with E-state index in [0.29, 0.717) is 6.04 Å². The number of para-hydroxylation sites is 1. The molecule has 3 heteroatoms. The summed E-state index contributed by atoms with van der Waals surface area (Å²) in [6, 6.07) is 9.62. The number of nitrogens with two attached hydrogens (primary N) is 1. The third-order valence-corrected chi connectivity index (χ3v) is 4.29. The number of anilines is 1. The van der Waals surface area contributed by atoms with Crippen LogP contribution in [0.2, 0.25) is 0 Å². The second-order valence-corrected chi connectivity index (χ2v) is 5.46. The number of hydrogen-bond acceptors (Lipinski definition) is 3. The molecular formula is C15H23N3. The Kier molecular flexibility index (Phi) is 3.52. The van der Waals surface area contributed by atoms with Gasteiger partial charge in [-0.25, -0.2) is 0 Å². The summed E-state index contributed by atoms with van der Waals surface area (Å²) in [5.74, 6) is 0. The van der Waals surface area contributed by atoms with E-state index in [4.69, 9.17) is 5.73 Å². The first-order valence-corrected chi connectivity index (χ1v) is 7.15. The lowest BCUT2D eigenvalue weighted by Crippen LogP contribution is -2.55. The van der Waals surface area contributed by atoms with Gasteiger partial charge in [-0.3, -0.25) is 4.90 Å². The van der Waals surface area contributed by atoms with Crippen molar-refractivity contribution in [3.8, 4) is 0 Å². The van der Waals surface area contributed by atoms with Crippen molar-refractivity contribution in [3.05, 3.63) is 29.8 Å². The fourth-order valence-corrected chi connectivity index (χ4v) is 3.33. The quantitative estimate of drug-likeness (QED) is 0.875. The number of benzene rings is 1. The average molecular weight is 245 g/mol. The summed E-state index contributed by atoms with van der Waals surface area (Å²) < 4.78 is 0. The largest absolute Gasteiger partial charge is 0.366 e. The van der Waals surface area contributed by atoms with Crippen LogP contribution < -0.4 is 10.6 Å². The van der Waals surface area contributed by atoms with Crippen molar-refractivity contribution in [2.75, 3.05) is 37.6 Å². The van der Waals surface area contributed by atoms with Gasteiger partial charge < -0.3 is 10.6 Å². The van der Waals surface area contributed by atoms with Crippen molar-refractivity contribution in [2.24, 2.45) is 5.73 Å². The van der Waals surface area contributed by atoms with Gasteiger partial charge in [0.05, 0.1) is 0 Å². The van der Waals surface area contributed by atoms with Crippen LogP contribution in [0.4, 0.5) is 5.69 Å². The van der Waals surface area contributed by atoms with Crippen molar-refractivity contribution in [1.29, 1.82) is 0 Å². The van der Waals surface area contributed by atoms with Crippen LogP contribution in [0.3, 0.4) is 0 Å². The molecule has 0 aromatic heterocycles. The van der Waals surface area contributed by atoms with Gasteiger partial charge in [-0.2, -0.15) is 0 Å². The van der Waals surface area contributed by atoms with Crippen molar-refractivity contribution in [1.82, 2.24) is 4.90 Å². The van der Waals surface area contributed by atoms with E-state index in [1.54, 1.807) is 0 Å². The number of hydrogen-bond donors (Lipinski definition) is 1. The number of piperazine rings is 1. The summed E-state index contributed by atoms with van der Waals surface area (Å²) in [5.41, 5.74) is 8.61. The summed E-state index contributed by atoms with van der Waals surface area (Å²) in [4.78, 5) is 5.21. The standard InChI is InChI=1S/C15H23N3/c16-8-3-9-17-10-11-18-14(12-17)7-6-13-4-1-2-5-15(13)18/h1-2,4-5,14H,3,6-12,16H2.